The first-order valence-corrected chi connectivity index (χ1v) is 9.04. The fourth-order valence-electron chi connectivity index (χ4n) is 2.96. The molecule has 2 aromatic rings. The molecule has 1 saturated heterocycles. The van der Waals surface area contributed by atoms with Crippen LogP contribution in [0, 0.1) is 0 Å². The Kier molecular flexibility index (Phi) is 6.31. The second kappa shape index (κ2) is 8.88. The van der Waals surface area contributed by atoms with Crippen LogP contribution in [0.3, 0.4) is 0 Å². The van der Waals surface area contributed by atoms with Crippen molar-refractivity contribution >= 4 is 17.5 Å². The first-order chi connectivity index (χ1) is 12.2. The quantitative estimate of drug-likeness (QED) is 0.832. The van der Waals surface area contributed by atoms with Crippen molar-refractivity contribution in [2.24, 2.45) is 0 Å². The predicted molar refractivity (Wildman–Crippen MR) is 100.0 cm³/mol. The van der Waals surface area contributed by atoms with Crippen molar-refractivity contribution in [2.75, 3.05) is 13.1 Å². The number of piperidine rings is 1. The van der Waals surface area contributed by atoms with E-state index in [4.69, 9.17) is 16.3 Å². The Hall–Kier alpha value is -2.04. The molecule has 132 valence electrons. The average Bonchev–Trinajstić information content (AvgIpc) is 2.62. The molecule has 0 aromatic heterocycles. The number of rotatable bonds is 6. The van der Waals surface area contributed by atoms with Crippen LogP contribution >= 0.6 is 11.6 Å². The van der Waals surface area contributed by atoms with Crippen molar-refractivity contribution in [3.63, 3.8) is 0 Å². The number of carbonyl (C=O) groups is 1. The summed E-state index contributed by atoms with van der Waals surface area (Å²) in [6, 6.07) is 15.5. The van der Waals surface area contributed by atoms with E-state index in [0.717, 1.165) is 42.8 Å². The van der Waals surface area contributed by atoms with Gasteiger partial charge in [-0.2, -0.15) is 0 Å². The Morgan fingerprint density at radius 1 is 1.24 bits per heavy atom. The van der Waals surface area contributed by atoms with E-state index in [9.17, 15) is 4.79 Å². The van der Waals surface area contributed by atoms with Gasteiger partial charge in [-0.3, -0.25) is 4.79 Å². The summed E-state index contributed by atoms with van der Waals surface area (Å²) in [5.74, 6) is 0.793. The summed E-state index contributed by atoms with van der Waals surface area (Å²) in [6.45, 7) is 2.30. The standard InChI is InChI=1S/C20H23ClN2O2/c21-19-9-2-1-6-16(19)14-25-18-8-3-5-15(11-18)12-20(24)23-17-7-4-10-22-13-17/h1-3,5-6,8-9,11,17,22H,4,7,10,12-14H2,(H,23,24)/t17-/m0/s1. The molecule has 0 unspecified atom stereocenters. The topological polar surface area (TPSA) is 50.4 Å². The summed E-state index contributed by atoms with van der Waals surface area (Å²) < 4.78 is 5.82. The van der Waals surface area contributed by atoms with E-state index in [0.29, 0.717) is 18.1 Å². The molecule has 1 heterocycles. The van der Waals surface area contributed by atoms with E-state index < -0.39 is 0 Å². The Balaban J connectivity index is 1.54. The molecule has 2 N–H and O–H groups in total. The molecule has 1 atom stereocenters. The molecule has 2 aromatic carbocycles. The smallest absolute Gasteiger partial charge is 0.224 e. The number of hydrogen-bond donors (Lipinski definition) is 2. The highest BCUT2D eigenvalue weighted by atomic mass is 35.5. The molecular formula is C20H23ClN2O2. The third kappa shape index (κ3) is 5.48. The van der Waals surface area contributed by atoms with Crippen molar-refractivity contribution in [1.29, 1.82) is 0 Å². The highest BCUT2D eigenvalue weighted by Crippen LogP contribution is 2.19. The van der Waals surface area contributed by atoms with Crippen LogP contribution in [0.2, 0.25) is 5.02 Å². The highest BCUT2D eigenvalue weighted by molar-refractivity contribution is 6.31. The van der Waals surface area contributed by atoms with Crippen LogP contribution in [0.15, 0.2) is 48.5 Å². The zero-order valence-corrected chi connectivity index (χ0v) is 14.9. The predicted octanol–water partition coefficient (Wildman–Crippen LogP) is 3.33. The summed E-state index contributed by atoms with van der Waals surface area (Å²) in [5, 5.41) is 7.09. The fourth-order valence-corrected chi connectivity index (χ4v) is 3.15. The lowest BCUT2D eigenvalue weighted by atomic mass is 10.1. The molecule has 0 aliphatic carbocycles. The molecule has 1 aliphatic rings. The van der Waals surface area contributed by atoms with Gasteiger partial charge >= 0.3 is 0 Å². The fraction of sp³-hybridized carbons (Fsp3) is 0.350. The molecule has 1 fully saturated rings. The van der Waals surface area contributed by atoms with E-state index >= 15 is 0 Å². The van der Waals surface area contributed by atoms with E-state index in [2.05, 4.69) is 10.6 Å². The van der Waals surface area contributed by atoms with Crippen molar-refractivity contribution in [1.82, 2.24) is 10.6 Å². The zero-order valence-electron chi connectivity index (χ0n) is 14.1. The summed E-state index contributed by atoms with van der Waals surface area (Å²) in [6.07, 6.45) is 2.51. The summed E-state index contributed by atoms with van der Waals surface area (Å²) in [7, 11) is 0. The number of nitrogens with one attached hydrogen (secondary N) is 2. The third-order valence-electron chi connectivity index (χ3n) is 4.28. The van der Waals surface area contributed by atoms with Crippen LogP contribution in [0.1, 0.15) is 24.0 Å². The Morgan fingerprint density at radius 2 is 2.12 bits per heavy atom. The molecule has 1 amide bonds. The molecule has 0 spiro atoms. The number of hydrogen-bond acceptors (Lipinski definition) is 3. The van der Waals surface area contributed by atoms with Crippen LogP contribution in [0.4, 0.5) is 0 Å². The lowest BCUT2D eigenvalue weighted by Crippen LogP contribution is -2.46. The van der Waals surface area contributed by atoms with Gasteiger partial charge < -0.3 is 15.4 Å². The Labute approximate surface area is 153 Å². The Morgan fingerprint density at radius 3 is 2.92 bits per heavy atom. The van der Waals surface area contributed by atoms with Crippen LogP contribution in [-0.4, -0.2) is 25.0 Å². The average molecular weight is 359 g/mol. The molecule has 0 radical (unpaired) electrons. The van der Waals surface area contributed by atoms with E-state index in [1.54, 1.807) is 0 Å². The minimum atomic E-state index is 0.0527. The Bertz CT molecular complexity index is 714. The number of ether oxygens (including phenoxy) is 1. The zero-order chi connectivity index (χ0) is 17.5. The molecular weight excluding hydrogens is 336 g/mol. The summed E-state index contributed by atoms with van der Waals surface area (Å²) >= 11 is 6.15. The lowest BCUT2D eigenvalue weighted by molar-refractivity contribution is -0.121. The van der Waals surface area contributed by atoms with Crippen molar-refractivity contribution < 1.29 is 9.53 Å². The molecule has 3 rings (SSSR count). The van der Waals surface area contributed by atoms with Crippen molar-refractivity contribution in [2.45, 2.75) is 31.9 Å². The number of carbonyl (C=O) groups excluding carboxylic acids is 1. The molecule has 5 heteroatoms. The lowest BCUT2D eigenvalue weighted by Gasteiger charge is -2.23. The van der Waals surface area contributed by atoms with E-state index in [1.165, 1.54) is 0 Å². The van der Waals surface area contributed by atoms with Gasteiger partial charge in [-0.1, -0.05) is 41.9 Å². The van der Waals surface area contributed by atoms with E-state index in [-0.39, 0.29) is 11.9 Å². The minimum Gasteiger partial charge on any atom is -0.489 e. The van der Waals surface area contributed by atoms with E-state index in [1.807, 2.05) is 48.5 Å². The third-order valence-corrected chi connectivity index (χ3v) is 4.65. The minimum absolute atomic E-state index is 0.0527. The van der Waals surface area contributed by atoms with Gasteiger partial charge in [-0.15, -0.1) is 0 Å². The van der Waals surface area contributed by atoms with Gasteiger partial charge in [-0.25, -0.2) is 0 Å². The second-order valence-corrected chi connectivity index (χ2v) is 6.72. The maximum absolute atomic E-state index is 12.2. The van der Waals surface area contributed by atoms with Crippen molar-refractivity contribution in [3.8, 4) is 5.75 Å². The summed E-state index contributed by atoms with van der Waals surface area (Å²) in [5.41, 5.74) is 1.88. The first kappa shape index (κ1) is 17.8. The van der Waals surface area contributed by atoms with Crippen LogP contribution < -0.4 is 15.4 Å². The van der Waals surface area contributed by atoms with Gasteiger partial charge in [0.15, 0.2) is 0 Å². The number of amides is 1. The van der Waals surface area contributed by atoms with Gasteiger partial charge in [0.2, 0.25) is 5.91 Å². The second-order valence-electron chi connectivity index (χ2n) is 6.32. The molecule has 4 nitrogen and oxygen atoms in total. The van der Waals surface area contributed by atoms with Gasteiger partial charge in [0.1, 0.15) is 12.4 Å². The SMILES string of the molecule is O=C(Cc1cccc(OCc2ccccc2Cl)c1)N[C@H]1CCCNC1. The van der Waals surface area contributed by atoms with Gasteiger partial charge in [0, 0.05) is 23.2 Å². The maximum Gasteiger partial charge on any atom is 0.224 e. The first-order valence-electron chi connectivity index (χ1n) is 8.66. The van der Waals surface area contributed by atoms with Crippen molar-refractivity contribution in [3.05, 3.63) is 64.7 Å². The molecule has 0 saturated carbocycles. The molecule has 1 aliphatic heterocycles. The van der Waals surface area contributed by atoms with Crippen LogP contribution in [0.5, 0.6) is 5.75 Å². The van der Waals surface area contributed by atoms with Crippen LogP contribution in [-0.2, 0) is 17.8 Å². The molecule has 25 heavy (non-hydrogen) atoms. The molecule has 0 bridgehead atoms. The number of halogens is 1. The maximum atomic E-state index is 12.2. The largest absolute Gasteiger partial charge is 0.489 e. The van der Waals surface area contributed by atoms with Gasteiger partial charge in [-0.05, 0) is 43.1 Å². The van der Waals surface area contributed by atoms with Crippen LogP contribution in [0.25, 0.3) is 0 Å². The van der Waals surface area contributed by atoms with Gasteiger partial charge in [0.05, 0.1) is 6.42 Å². The van der Waals surface area contributed by atoms with Gasteiger partial charge in [0.25, 0.3) is 0 Å². The normalized spacial score (nSPS) is 17.1. The summed E-state index contributed by atoms with van der Waals surface area (Å²) in [4.78, 5) is 12.2. The monoisotopic (exact) mass is 358 g/mol. The highest BCUT2D eigenvalue weighted by Gasteiger charge is 2.15. The number of benzene rings is 2.